The molecule has 2 aromatic carbocycles. The molecule has 1 unspecified atom stereocenters. The predicted octanol–water partition coefficient (Wildman–Crippen LogP) is 3.36. The van der Waals surface area contributed by atoms with Gasteiger partial charge in [-0.05, 0) is 89.8 Å². The van der Waals surface area contributed by atoms with Crippen LogP contribution in [0.3, 0.4) is 0 Å². The number of alkyl carbamates (subject to hydrolysis) is 2. The number of likely N-dealkylation sites (N-methyl/N-ethyl adjacent to an activating group) is 1. The largest absolute Gasteiger partial charge is 0.495 e. The van der Waals surface area contributed by atoms with Gasteiger partial charge in [-0.3, -0.25) is 24.4 Å². The molecular formula is C59H80ClN9O19. The molecule has 13 atom stereocenters. The summed E-state index contributed by atoms with van der Waals surface area (Å²) in [6, 6.07) is 6.71. The Morgan fingerprint density at radius 3 is 2.51 bits per heavy atom. The van der Waals surface area contributed by atoms with Crippen molar-refractivity contribution in [1.29, 1.82) is 0 Å². The van der Waals surface area contributed by atoms with E-state index in [9.17, 15) is 49.2 Å². The Morgan fingerprint density at radius 1 is 1.05 bits per heavy atom. The van der Waals surface area contributed by atoms with Gasteiger partial charge in [0.25, 0.3) is 5.91 Å². The third-order valence-corrected chi connectivity index (χ3v) is 16.1. The zero-order chi connectivity index (χ0) is 64.4. The average molecular weight is 1250 g/mol. The minimum Gasteiger partial charge on any atom is -0.495 e. The van der Waals surface area contributed by atoms with Crippen LogP contribution in [0.1, 0.15) is 101 Å². The number of aromatic nitrogens is 3. The monoisotopic (exact) mass is 1250 g/mol. The number of nitrogens with zero attached hydrogens (tertiary/aromatic N) is 6. The lowest BCUT2D eigenvalue weighted by Gasteiger charge is -2.42. The van der Waals surface area contributed by atoms with E-state index in [2.05, 4.69) is 31.4 Å². The maximum atomic E-state index is 14.4. The molecule has 4 aliphatic heterocycles. The minimum absolute atomic E-state index is 0.0257. The summed E-state index contributed by atoms with van der Waals surface area (Å²) in [6.45, 7) is 11.8. The molecule has 0 spiro atoms. The van der Waals surface area contributed by atoms with Gasteiger partial charge in [0.05, 0.1) is 62.0 Å². The number of hydrogen-bond acceptors (Lipinski definition) is 22. The summed E-state index contributed by atoms with van der Waals surface area (Å²) in [4.78, 5) is 89.3. The Kier molecular flexibility index (Phi) is 23.0. The Morgan fingerprint density at radius 2 is 1.80 bits per heavy atom. The molecule has 3 aromatic rings. The number of esters is 1. The number of epoxide rings is 1. The van der Waals surface area contributed by atoms with Gasteiger partial charge >= 0.3 is 18.2 Å². The standard InChI is InChI=1S/C59H80ClN9O19/c1-31(2)65-83-21-19-61-53(75)39-23-36(17-18-41(39)85-55-51(74)50(73)49(72)35(6)84-55)30-82-56(77)62-28-38-29-69(66-64-38)20-13-16-46(70)67(8)34(5)54(76)87-45-26-47(71)68(9)40-24-37(25-42(80-10)48(40)60)22-32(3)14-12-15-44(81-11)59(79)27-43(86-57(78)63-59)33(4)52-58(45,7)88-52/h12,14-15,17-18,23-25,29,33-35,43-45,49-52,55,72-74,79H,13,16,19-22,26-28,30H2,1-11H3,(H,61,75)(H,62,77)(H,63,78)/b15-12+,32-14+/t33-,34?,35-,43+,44-,45+,49-,50+,51-,52+,55+,58+,59+/m1/s1. The number of nitrogens with one attached hydrogen (secondary N) is 3. The molecule has 0 aliphatic carbocycles. The summed E-state index contributed by atoms with van der Waals surface area (Å²) < 4.78 is 47.8. The zero-order valence-electron chi connectivity index (χ0n) is 51.1. The fourth-order valence-corrected chi connectivity index (χ4v) is 10.7. The molecule has 482 valence electrons. The third kappa shape index (κ3) is 16.8. The fourth-order valence-electron chi connectivity index (χ4n) is 10.3. The van der Waals surface area contributed by atoms with Crippen LogP contribution in [0.25, 0.3) is 0 Å². The predicted molar refractivity (Wildman–Crippen MR) is 314 cm³/mol. The number of oxime groups is 1. The molecule has 29 heteroatoms. The van der Waals surface area contributed by atoms with Gasteiger partial charge in [0.2, 0.25) is 18.1 Å². The first-order chi connectivity index (χ1) is 41.7. The number of ether oxygens (including phenoxy) is 8. The smallest absolute Gasteiger partial charge is 0.409 e. The molecule has 7 rings (SSSR count). The molecule has 5 amide bonds. The van der Waals surface area contributed by atoms with Crippen molar-refractivity contribution in [3.05, 3.63) is 87.7 Å². The zero-order valence-corrected chi connectivity index (χ0v) is 51.8. The van der Waals surface area contributed by atoms with Crippen molar-refractivity contribution in [2.24, 2.45) is 11.1 Å². The van der Waals surface area contributed by atoms with Gasteiger partial charge in [-0.1, -0.05) is 58.8 Å². The van der Waals surface area contributed by atoms with Gasteiger partial charge in [-0.15, -0.1) is 5.10 Å². The highest BCUT2D eigenvalue weighted by Crippen LogP contribution is 2.49. The molecule has 28 nitrogen and oxygen atoms in total. The number of amides is 5. The number of halogens is 1. The molecule has 1 aromatic heterocycles. The second-order valence-corrected chi connectivity index (χ2v) is 23.0. The van der Waals surface area contributed by atoms with Crippen molar-refractivity contribution in [3.8, 4) is 11.5 Å². The highest BCUT2D eigenvalue weighted by Gasteiger charge is 2.64. The van der Waals surface area contributed by atoms with Crippen LogP contribution in [0.2, 0.25) is 5.02 Å². The summed E-state index contributed by atoms with van der Waals surface area (Å²) in [7, 11) is 5.86. The Balaban J connectivity index is 0.946. The maximum Gasteiger partial charge on any atom is 0.409 e. The Bertz CT molecular complexity index is 3100. The number of fused-ring (bicyclic) bond motifs is 5. The van der Waals surface area contributed by atoms with Crippen LogP contribution in [-0.2, 0) is 73.8 Å². The highest BCUT2D eigenvalue weighted by atomic mass is 35.5. The molecule has 3 saturated heterocycles. The van der Waals surface area contributed by atoms with Crippen LogP contribution < -0.4 is 30.3 Å². The number of allylic oxidation sites excluding steroid dienone is 3. The summed E-state index contributed by atoms with van der Waals surface area (Å²) in [5.74, 6) is -2.68. The first-order valence-electron chi connectivity index (χ1n) is 28.7. The molecule has 3 fully saturated rings. The normalized spacial score (nSPS) is 28.4. The van der Waals surface area contributed by atoms with Gasteiger partial charge in [0, 0.05) is 46.5 Å². The minimum atomic E-state index is -1.90. The van der Waals surface area contributed by atoms with Crippen molar-refractivity contribution >= 4 is 58.9 Å². The number of carbonyl (C=O) groups excluding carboxylic acids is 6. The first kappa shape index (κ1) is 68.1. The van der Waals surface area contributed by atoms with Gasteiger partial charge < -0.3 is 83.6 Å². The van der Waals surface area contributed by atoms with E-state index in [1.54, 1.807) is 65.2 Å². The molecule has 88 heavy (non-hydrogen) atoms. The van der Waals surface area contributed by atoms with E-state index in [-0.39, 0.29) is 68.4 Å². The van der Waals surface area contributed by atoms with Crippen LogP contribution in [0.15, 0.2) is 65.5 Å². The fraction of sp³-hybridized carbons (Fsp3) is 0.576. The van der Waals surface area contributed by atoms with E-state index in [1.165, 1.54) is 67.8 Å². The number of anilines is 1. The topological polar surface area (TPSA) is 355 Å². The SMILES string of the molecule is COc1cc2cc(c1Cl)N(C)C(=O)C[C@H](OC(=O)C(C)N(C)C(=O)CCCn1cc(CNC(=O)OCc3ccc(O[C@@H]4O[C@H](C)[C@@H](O)[C@H](O)[C@H]4O)c(C(=O)NCCON=C(C)C)c3)nn1)[C@]1(C)O[C@H]1[C@H](C)[C@@H]1C[C@@](O)(NC(=O)O1)[C@H](OC)/C=C/C=C(\C)C2. The molecule has 0 saturated carbocycles. The van der Waals surface area contributed by atoms with Crippen LogP contribution in [0.5, 0.6) is 11.5 Å². The number of benzene rings is 2. The second-order valence-electron chi connectivity index (χ2n) is 22.7. The number of carbonyl (C=O) groups is 6. The van der Waals surface area contributed by atoms with E-state index < -0.39 is 121 Å². The van der Waals surface area contributed by atoms with Crippen molar-refractivity contribution in [2.45, 2.75) is 173 Å². The molecule has 7 N–H and O–H groups in total. The summed E-state index contributed by atoms with van der Waals surface area (Å²) in [6.07, 6.45) is -5.71. The van der Waals surface area contributed by atoms with E-state index in [1.807, 2.05) is 13.0 Å². The quantitative estimate of drug-likeness (QED) is 0.0213. The van der Waals surface area contributed by atoms with E-state index >= 15 is 0 Å². The van der Waals surface area contributed by atoms with Gasteiger partial charge in [-0.25, -0.2) is 14.4 Å². The number of aliphatic hydroxyl groups excluding tert-OH is 3. The van der Waals surface area contributed by atoms with Gasteiger partial charge in [-0.2, -0.15) is 0 Å². The summed E-state index contributed by atoms with van der Waals surface area (Å²) in [5, 5.41) is 62.9. The Labute approximate surface area is 514 Å². The lowest BCUT2D eigenvalue weighted by atomic mass is 9.83. The van der Waals surface area contributed by atoms with Gasteiger partial charge in [0.15, 0.2) is 5.72 Å². The van der Waals surface area contributed by atoms with Crippen LogP contribution in [-0.4, -0.2) is 196 Å². The number of aryl methyl sites for hydroxylation is 1. The van der Waals surface area contributed by atoms with Crippen molar-refractivity contribution in [1.82, 2.24) is 35.8 Å². The molecule has 0 radical (unpaired) electrons. The van der Waals surface area contributed by atoms with E-state index in [0.717, 1.165) is 11.1 Å². The van der Waals surface area contributed by atoms with E-state index in [0.29, 0.717) is 34.8 Å². The van der Waals surface area contributed by atoms with Crippen LogP contribution >= 0.6 is 11.6 Å². The number of rotatable bonds is 20. The number of hydrogen-bond donors (Lipinski definition) is 7. The second kappa shape index (κ2) is 29.7. The number of aliphatic hydroxyl groups is 4. The lowest BCUT2D eigenvalue weighted by molar-refractivity contribution is -0.268. The highest BCUT2D eigenvalue weighted by molar-refractivity contribution is 6.35. The van der Waals surface area contributed by atoms with Crippen LogP contribution in [0.4, 0.5) is 15.3 Å². The molecule has 4 bridgehead atoms. The Hall–Kier alpha value is -7.44. The van der Waals surface area contributed by atoms with Crippen molar-refractivity contribution < 1.29 is 91.9 Å². The van der Waals surface area contributed by atoms with Crippen LogP contribution in [0, 0.1) is 5.92 Å². The number of methoxy groups -OCH3 is 2. The maximum absolute atomic E-state index is 14.4. The van der Waals surface area contributed by atoms with Crippen molar-refractivity contribution in [2.75, 3.05) is 46.4 Å². The molecule has 4 aliphatic rings. The molecule has 5 heterocycles. The summed E-state index contributed by atoms with van der Waals surface area (Å²) >= 11 is 6.83. The van der Waals surface area contributed by atoms with Gasteiger partial charge in [0.1, 0.15) is 83.7 Å². The van der Waals surface area contributed by atoms with E-state index in [4.69, 9.17) is 54.3 Å². The summed E-state index contributed by atoms with van der Waals surface area (Å²) in [5.41, 5.74) is 0.146. The average Bonchev–Trinajstić information content (AvgIpc) is 1.60. The first-order valence-corrected chi connectivity index (χ1v) is 29.1. The third-order valence-electron chi connectivity index (χ3n) is 15.7. The molecular weight excluding hydrogens is 1170 g/mol. The lowest BCUT2D eigenvalue weighted by Crippen LogP contribution is -2.63. The van der Waals surface area contributed by atoms with Crippen molar-refractivity contribution in [3.63, 3.8) is 0 Å².